The van der Waals surface area contributed by atoms with Crippen molar-refractivity contribution >= 4 is 73.0 Å². The van der Waals surface area contributed by atoms with Gasteiger partial charge in [-0.15, -0.1) is 11.3 Å². The second-order valence-electron chi connectivity index (χ2n) is 8.22. The molecule has 4 rings (SSSR count). The third-order valence-electron chi connectivity index (χ3n) is 4.67. The summed E-state index contributed by atoms with van der Waals surface area (Å²) >= 11 is 8.55. The van der Waals surface area contributed by atoms with Crippen molar-refractivity contribution in [3.8, 4) is 21.0 Å². The van der Waals surface area contributed by atoms with E-state index in [0.29, 0.717) is 22.1 Å². The normalized spacial score (nSPS) is 11.3. The van der Waals surface area contributed by atoms with E-state index in [1.807, 2.05) is 12.1 Å². The number of aryl methyl sites for hydroxylation is 1. The smallest absolute Gasteiger partial charge is 0.475 e. The number of alkyl halides is 6. The lowest BCUT2D eigenvalue weighted by Crippen LogP contribution is -2.21. The van der Waals surface area contributed by atoms with Gasteiger partial charge in [-0.3, -0.25) is 14.5 Å². The fraction of sp³-hybridized carbons (Fsp3) is 0.167. The van der Waals surface area contributed by atoms with Crippen LogP contribution in [0, 0.1) is 6.92 Å². The Morgan fingerprint density at radius 2 is 1.52 bits per heavy atom. The number of sulfonamides is 1. The van der Waals surface area contributed by atoms with Crippen molar-refractivity contribution in [2.45, 2.75) is 30.4 Å². The number of rotatable bonds is 6. The highest BCUT2D eigenvalue weighted by molar-refractivity contribution is 7.94. The number of hydrogen-bond acceptors (Lipinski definition) is 10. The summed E-state index contributed by atoms with van der Waals surface area (Å²) in [7, 11) is -3.90. The molecule has 4 N–H and O–H groups in total. The van der Waals surface area contributed by atoms with Gasteiger partial charge in [-0.25, -0.2) is 28.0 Å². The van der Waals surface area contributed by atoms with Gasteiger partial charge in [-0.05, 0) is 37.3 Å². The molecular formula is C24H18ClF6N5O7S3. The Morgan fingerprint density at radius 3 is 2.02 bits per heavy atom. The first kappa shape index (κ1) is 37.8. The van der Waals surface area contributed by atoms with E-state index in [2.05, 4.69) is 25.0 Å². The summed E-state index contributed by atoms with van der Waals surface area (Å²) in [5.41, 5.74) is 2.14. The van der Waals surface area contributed by atoms with Crippen molar-refractivity contribution < 1.29 is 59.4 Å². The molecule has 0 saturated carbocycles. The third kappa shape index (κ3) is 11.2. The average molecular weight is 734 g/mol. The van der Waals surface area contributed by atoms with Crippen molar-refractivity contribution in [2.75, 3.05) is 10.0 Å². The Balaban J connectivity index is 0.000000440. The quantitative estimate of drug-likeness (QED) is 0.129. The van der Waals surface area contributed by atoms with Crippen LogP contribution in [0.3, 0.4) is 0 Å². The van der Waals surface area contributed by atoms with Crippen LogP contribution in [0.15, 0.2) is 53.0 Å². The van der Waals surface area contributed by atoms with Gasteiger partial charge in [0.25, 0.3) is 10.0 Å². The van der Waals surface area contributed by atoms with Gasteiger partial charge < -0.3 is 15.5 Å². The van der Waals surface area contributed by atoms with Crippen molar-refractivity contribution in [3.05, 3.63) is 59.6 Å². The molecule has 0 radical (unpaired) electrons. The number of thiophene rings is 1. The highest BCUT2D eigenvalue weighted by Gasteiger charge is 2.38. The van der Waals surface area contributed by atoms with Crippen molar-refractivity contribution in [1.82, 2.24) is 15.0 Å². The molecule has 248 valence electrons. The molecule has 0 spiro atoms. The number of aromatic nitrogens is 3. The minimum Gasteiger partial charge on any atom is -0.475 e. The second kappa shape index (κ2) is 15.3. The van der Waals surface area contributed by atoms with Crippen LogP contribution >= 0.6 is 34.3 Å². The molecule has 0 aliphatic heterocycles. The summed E-state index contributed by atoms with van der Waals surface area (Å²) in [4.78, 5) is 43.2. The number of carbonyl (C=O) groups excluding carboxylic acids is 1. The molecule has 1 amide bonds. The molecule has 12 nitrogen and oxygen atoms in total. The molecule has 0 saturated heterocycles. The summed E-state index contributed by atoms with van der Waals surface area (Å²) in [6, 6.07) is 10.3. The number of aliphatic carboxylic acids is 2. The van der Waals surface area contributed by atoms with Crippen LogP contribution < -0.4 is 10.0 Å². The summed E-state index contributed by atoms with van der Waals surface area (Å²) in [6.07, 6.45) is -6.99. The lowest BCUT2D eigenvalue weighted by molar-refractivity contribution is -0.193. The monoisotopic (exact) mass is 733 g/mol. The van der Waals surface area contributed by atoms with E-state index in [4.69, 9.17) is 31.4 Å². The molecule has 46 heavy (non-hydrogen) atoms. The predicted octanol–water partition coefficient (Wildman–Crippen LogP) is 6.32. The zero-order valence-electron chi connectivity index (χ0n) is 22.8. The standard InChI is InChI=1S/C20H16ClN5O3S3.2C2HF3O2/c1-11-18(31-20(24-11)25-12(2)27)13-9-15(19(21)23-10-13)26-32(28,29)17-7-6-16(30-17)14-5-3-4-8-22-14;2*3-2(4,5)1(6)7/h3-10,26H,1-2H3,(H,24,25,27);2*(H,6,7). The van der Waals surface area contributed by atoms with Gasteiger partial charge in [-0.2, -0.15) is 26.3 Å². The number of carbonyl (C=O) groups is 3. The Bertz CT molecular complexity index is 1790. The van der Waals surface area contributed by atoms with Gasteiger partial charge in [0.05, 0.1) is 26.8 Å². The number of amides is 1. The molecule has 4 aromatic heterocycles. The van der Waals surface area contributed by atoms with Crippen LogP contribution in [0.2, 0.25) is 5.15 Å². The second-order valence-corrected chi connectivity index (χ2v) is 12.6. The number of thiazole rings is 1. The molecular weight excluding hydrogens is 716 g/mol. The molecule has 0 fully saturated rings. The van der Waals surface area contributed by atoms with Gasteiger partial charge in [0.1, 0.15) is 4.21 Å². The van der Waals surface area contributed by atoms with Crippen molar-refractivity contribution in [3.63, 3.8) is 0 Å². The molecule has 0 unspecified atom stereocenters. The van der Waals surface area contributed by atoms with E-state index in [1.54, 1.807) is 31.3 Å². The number of nitrogens with one attached hydrogen (secondary N) is 2. The maximum absolute atomic E-state index is 13.0. The van der Waals surface area contributed by atoms with E-state index in [9.17, 15) is 39.6 Å². The van der Waals surface area contributed by atoms with Gasteiger partial charge in [0.2, 0.25) is 5.91 Å². The Labute approximate surface area is 267 Å². The van der Waals surface area contributed by atoms with Crippen LogP contribution in [0.5, 0.6) is 0 Å². The fourth-order valence-corrected chi connectivity index (χ4v) is 6.36. The van der Waals surface area contributed by atoms with E-state index in [1.165, 1.54) is 30.5 Å². The fourth-order valence-electron chi connectivity index (χ4n) is 2.82. The number of anilines is 2. The number of carboxylic acid groups (broad SMARTS) is 2. The van der Waals surface area contributed by atoms with E-state index < -0.39 is 34.3 Å². The van der Waals surface area contributed by atoms with Gasteiger partial charge in [0.15, 0.2) is 10.3 Å². The zero-order valence-corrected chi connectivity index (χ0v) is 26.0. The molecule has 0 aliphatic rings. The number of pyridine rings is 2. The molecule has 0 aromatic carbocycles. The highest BCUT2D eigenvalue weighted by Crippen LogP contribution is 2.36. The molecule has 4 aromatic rings. The number of nitrogens with zero attached hydrogens (tertiary/aromatic N) is 3. The zero-order chi connectivity index (χ0) is 35.0. The first-order valence-electron chi connectivity index (χ1n) is 11.7. The van der Waals surface area contributed by atoms with E-state index >= 15 is 0 Å². The highest BCUT2D eigenvalue weighted by atomic mass is 35.5. The lowest BCUT2D eigenvalue weighted by Gasteiger charge is -2.09. The Hall–Kier alpha value is -4.34. The summed E-state index contributed by atoms with van der Waals surface area (Å²) in [5.74, 6) is -5.74. The molecule has 4 heterocycles. The van der Waals surface area contributed by atoms with Gasteiger partial charge >= 0.3 is 24.3 Å². The Morgan fingerprint density at radius 1 is 0.935 bits per heavy atom. The van der Waals surface area contributed by atoms with E-state index in [-0.39, 0.29) is 21.0 Å². The average Bonchev–Trinajstić information content (AvgIpc) is 3.57. The van der Waals surface area contributed by atoms with Crippen LogP contribution in [-0.2, 0) is 24.4 Å². The van der Waals surface area contributed by atoms with Gasteiger partial charge in [-0.1, -0.05) is 29.0 Å². The number of hydrogen-bond donors (Lipinski definition) is 4. The molecule has 0 atom stereocenters. The summed E-state index contributed by atoms with van der Waals surface area (Å²) in [6.45, 7) is 3.19. The van der Waals surface area contributed by atoms with Crippen LogP contribution in [-0.4, -0.2) is 63.8 Å². The minimum absolute atomic E-state index is 0.0167. The first-order valence-corrected chi connectivity index (χ1v) is 15.2. The SMILES string of the molecule is CC(=O)Nc1nc(C)c(-c2cnc(Cl)c(NS(=O)(=O)c3ccc(-c4ccccn4)s3)c2)s1.O=C(O)C(F)(F)F.O=C(O)C(F)(F)F. The number of carboxylic acids is 2. The summed E-state index contributed by atoms with van der Waals surface area (Å²) in [5, 5.41) is 17.4. The molecule has 0 aliphatic carbocycles. The van der Waals surface area contributed by atoms with Crippen LogP contribution in [0.25, 0.3) is 21.0 Å². The topological polar surface area (TPSA) is 189 Å². The van der Waals surface area contributed by atoms with Crippen molar-refractivity contribution in [2.24, 2.45) is 0 Å². The summed E-state index contributed by atoms with van der Waals surface area (Å²) < 4.78 is 92.1. The van der Waals surface area contributed by atoms with Crippen LogP contribution in [0.1, 0.15) is 12.6 Å². The maximum atomic E-state index is 13.0. The largest absolute Gasteiger partial charge is 0.490 e. The third-order valence-corrected chi connectivity index (χ3v) is 9.06. The van der Waals surface area contributed by atoms with E-state index in [0.717, 1.165) is 21.1 Å². The predicted molar refractivity (Wildman–Crippen MR) is 155 cm³/mol. The number of halogens is 7. The van der Waals surface area contributed by atoms with Crippen LogP contribution in [0.4, 0.5) is 37.2 Å². The maximum Gasteiger partial charge on any atom is 0.490 e. The molecule has 22 heteroatoms. The van der Waals surface area contributed by atoms with Gasteiger partial charge in [0, 0.05) is 24.9 Å². The lowest BCUT2D eigenvalue weighted by atomic mass is 10.2. The first-order chi connectivity index (χ1) is 21.1. The van der Waals surface area contributed by atoms with Crippen molar-refractivity contribution in [1.29, 1.82) is 0 Å². The Kier molecular flexibility index (Phi) is 12.6. The molecule has 0 bridgehead atoms. The minimum atomic E-state index is -5.08.